The summed E-state index contributed by atoms with van der Waals surface area (Å²) < 4.78 is 0. The number of carboxylic acid groups (broad SMARTS) is 1. The number of nitrogens with two attached hydrogens (primary N) is 1. The van der Waals surface area contributed by atoms with E-state index in [1.807, 2.05) is 7.05 Å². The van der Waals surface area contributed by atoms with Gasteiger partial charge in [0.25, 0.3) is 0 Å². The molecule has 4 nitrogen and oxygen atoms in total. The van der Waals surface area contributed by atoms with Crippen LogP contribution in [0, 0.1) is 0 Å². The van der Waals surface area contributed by atoms with Crippen molar-refractivity contribution < 1.29 is 9.90 Å². The van der Waals surface area contributed by atoms with Gasteiger partial charge in [-0.1, -0.05) is 12.8 Å². The van der Waals surface area contributed by atoms with Crippen LogP contribution in [0.1, 0.15) is 32.6 Å². The molecule has 0 rings (SSSR count). The van der Waals surface area contributed by atoms with Crippen LogP contribution in [0.4, 0.5) is 0 Å². The summed E-state index contributed by atoms with van der Waals surface area (Å²) >= 11 is 0. The van der Waals surface area contributed by atoms with Gasteiger partial charge >= 0.3 is 5.97 Å². The second-order valence-corrected chi connectivity index (χ2v) is 3.42. The number of carboxylic acids is 1. The van der Waals surface area contributed by atoms with Gasteiger partial charge < -0.3 is 16.2 Å². The molecule has 0 aromatic heterocycles. The minimum Gasteiger partial charge on any atom is -0.480 e. The van der Waals surface area contributed by atoms with Gasteiger partial charge in [0.2, 0.25) is 0 Å². The summed E-state index contributed by atoms with van der Waals surface area (Å²) in [6.07, 6.45) is 3.57. The fourth-order valence-corrected chi connectivity index (χ4v) is 1.08. The largest absolute Gasteiger partial charge is 0.480 e. The van der Waals surface area contributed by atoms with E-state index >= 15 is 0 Å². The van der Waals surface area contributed by atoms with E-state index in [-0.39, 0.29) is 0 Å². The van der Waals surface area contributed by atoms with Crippen LogP contribution in [0.3, 0.4) is 0 Å². The molecule has 0 saturated heterocycles. The molecule has 0 radical (unpaired) electrons. The van der Waals surface area contributed by atoms with Gasteiger partial charge in [0, 0.05) is 6.04 Å². The third-order valence-corrected chi connectivity index (χ3v) is 2.21. The second kappa shape index (κ2) is 6.86. The highest BCUT2D eigenvalue weighted by atomic mass is 16.4. The van der Waals surface area contributed by atoms with E-state index in [0.29, 0.717) is 12.5 Å². The molecule has 0 aliphatic carbocycles. The molecule has 0 saturated carbocycles. The summed E-state index contributed by atoms with van der Waals surface area (Å²) in [5.41, 5.74) is 5.35. The Labute approximate surface area is 79.5 Å². The lowest BCUT2D eigenvalue weighted by Crippen LogP contribution is -2.29. The van der Waals surface area contributed by atoms with E-state index in [0.717, 1.165) is 19.3 Å². The van der Waals surface area contributed by atoms with Crippen molar-refractivity contribution in [2.45, 2.75) is 44.7 Å². The number of rotatable bonds is 7. The molecule has 0 bridgehead atoms. The molecule has 4 heteroatoms. The predicted octanol–water partition coefficient (Wildman–Crippen LogP) is 0.567. The van der Waals surface area contributed by atoms with Gasteiger partial charge in [-0.25, -0.2) is 0 Å². The highest BCUT2D eigenvalue weighted by molar-refractivity contribution is 5.72. The van der Waals surface area contributed by atoms with E-state index in [1.165, 1.54) is 0 Å². The minimum atomic E-state index is -0.901. The van der Waals surface area contributed by atoms with Crippen LogP contribution in [0.15, 0.2) is 0 Å². The van der Waals surface area contributed by atoms with E-state index in [2.05, 4.69) is 12.2 Å². The third kappa shape index (κ3) is 6.54. The van der Waals surface area contributed by atoms with Crippen LogP contribution in [0.5, 0.6) is 0 Å². The molecule has 0 aromatic carbocycles. The summed E-state index contributed by atoms with van der Waals surface area (Å²) in [5.74, 6) is -0.901. The number of hydrogen-bond donors (Lipinski definition) is 3. The van der Waals surface area contributed by atoms with Gasteiger partial charge in [-0.05, 0) is 26.8 Å². The molecule has 2 unspecified atom stereocenters. The molecular formula is C9H20N2O2. The Kier molecular flexibility index (Phi) is 6.54. The number of hydrogen-bond acceptors (Lipinski definition) is 3. The molecule has 0 spiro atoms. The van der Waals surface area contributed by atoms with E-state index in [4.69, 9.17) is 10.8 Å². The van der Waals surface area contributed by atoms with Crippen LogP contribution in [0.2, 0.25) is 0 Å². The summed E-state index contributed by atoms with van der Waals surface area (Å²) in [4.78, 5) is 10.3. The SMILES string of the molecule is CNC(C)CCCCC(N)C(=O)O. The maximum atomic E-state index is 10.3. The maximum absolute atomic E-state index is 10.3. The lowest BCUT2D eigenvalue weighted by atomic mass is 10.1. The first-order valence-electron chi connectivity index (χ1n) is 4.73. The van der Waals surface area contributed by atoms with Crippen molar-refractivity contribution in [3.8, 4) is 0 Å². The molecule has 0 aliphatic rings. The van der Waals surface area contributed by atoms with Crippen molar-refractivity contribution in [1.29, 1.82) is 0 Å². The van der Waals surface area contributed by atoms with E-state index in [1.54, 1.807) is 0 Å². The standard InChI is InChI=1S/C9H20N2O2/c1-7(11-2)5-3-4-6-8(10)9(12)13/h7-8,11H,3-6,10H2,1-2H3,(H,12,13). The molecule has 13 heavy (non-hydrogen) atoms. The van der Waals surface area contributed by atoms with Crippen LogP contribution < -0.4 is 11.1 Å². The molecule has 78 valence electrons. The fraction of sp³-hybridized carbons (Fsp3) is 0.889. The number of carbonyl (C=O) groups is 1. The highest BCUT2D eigenvalue weighted by Crippen LogP contribution is 2.04. The first-order chi connectivity index (χ1) is 6.07. The van der Waals surface area contributed by atoms with Crippen molar-refractivity contribution in [2.75, 3.05) is 7.05 Å². The lowest BCUT2D eigenvalue weighted by Gasteiger charge is -2.10. The molecule has 4 N–H and O–H groups in total. The quantitative estimate of drug-likeness (QED) is 0.510. The highest BCUT2D eigenvalue weighted by Gasteiger charge is 2.10. The van der Waals surface area contributed by atoms with Gasteiger partial charge in [-0.2, -0.15) is 0 Å². The Morgan fingerprint density at radius 3 is 2.46 bits per heavy atom. The molecule has 0 heterocycles. The molecule has 0 amide bonds. The van der Waals surface area contributed by atoms with Crippen molar-refractivity contribution in [1.82, 2.24) is 5.32 Å². The predicted molar refractivity (Wildman–Crippen MR) is 52.6 cm³/mol. The van der Waals surface area contributed by atoms with E-state index in [9.17, 15) is 4.79 Å². The molecule has 0 aliphatic heterocycles. The lowest BCUT2D eigenvalue weighted by molar-refractivity contribution is -0.138. The van der Waals surface area contributed by atoms with Gasteiger partial charge in [0.1, 0.15) is 6.04 Å². The van der Waals surface area contributed by atoms with Gasteiger partial charge in [0.15, 0.2) is 0 Å². The fourth-order valence-electron chi connectivity index (χ4n) is 1.08. The van der Waals surface area contributed by atoms with E-state index < -0.39 is 12.0 Å². The molecule has 0 aromatic rings. The average molecular weight is 188 g/mol. The Morgan fingerprint density at radius 2 is 2.00 bits per heavy atom. The number of nitrogens with one attached hydrogen (secondary N) is 1. The average Bonchev–Trinajstić information content (AvgIpc) is 2.11. The normalized spacial score (nSPS) is 15.3. The van der Waals surface area contributed by atoms with Crippen molar-refractivity contribution in [2.24, 2.45) is 5.73 Å². The Morgan fingerprint density at radius 1 is 1.46 bits per heavy atom. The van der Waals surface area contributed by atoms with Crippen molar-refractivity contribution in [3.63, 3.8) is 0 Å². The van der Waals surface area contributed by atoms with Crippen LogP contribution >= 0.6 is 0 Å². The van der Waals surface area contributed by atoms with Crippen LogP contribution in [0.25, 0.3) is 0 Å². The summed E-state index contributed by atoms with van der Waals surface area (Å²) in [7, 11) is 1.92. The van der Waals surface area contributed by atoms with Gasteiger partial charge in [0.05, 0.1) is 0 Å². The molecular weight excluding hydrogens is 168 g/mol. The third-order valence-electron chi connectivity index (χ3n) is 2.21. The van der Waals surface area contributed by atoms with Crippen LogP contribution in [-0.4, -0.2) is 30.2 Å². The Balaban J connectivity index is 3.30. The first-order valence-corrected chi connectivity index (χ1v) is 4.73. The zero-order chi connectivity index (χ0) is 10.3. The minimum absolute atomic E-state index is 0.501. The summed E-state index contributed by atoms with van der Waals surface area (Å²) in [5, 5.41) is 11.6. The Bertz CT molecular complexity index is 151. The zero-order valence-electron chi connectivity index (χ0n) is 8.42. The summed E-state index contributed by atoms with van der Waals surface area (Å²) in [6.45, 7) is 2.11. The van der Waals surface area contributed by atoms with Gasteiger partial charge in [-0.3, -0.25) is 4.79 Å². The van der Waals surface area contributed by atoms with Crippen molar-refractivity contribution in [3.05, 3.63) is 0 Å². The maximum Gasteiger partial charge on any atom is 0.320 e. The zero-order valence-corrected chi connectivity index (χ0v) is 8.42. The smallest absolute Gasteiger partial charge is 0.320 e. The molecule has 2 atom stereocenters. The molecule has 0 fully saturated rings. The van der Waals surface area contributed by atoms with Crippen LogP contribution in [-0.2, 0) is 4.79 Å². The monoisotopic (exact) mass is 188 g/mol. The van der Waals surface area contributed by atoms with Gasteiger partial charge in [-0.15, -0.1) is 0 Å². The first kappa shape index (κ1) is 12.4. The topological polar surface area (TPSA) is 75.3 Å². The van der Waals surface area contributed by atoms with Crippen molar-refractivity contribution >= 4 is 5.97 Å². The number of aliphatic carboxylic acids is 1. The second-order valence-electron chi connectivity index (χ2n) is 3.42. The summed E-state index contributed by atoms with van der Waals surface area (Å²) in [6, 6.07) is -0.189. The number of unbranched alkanes of at least 4 members (excludes halogenated alkanes) is 1. The Hall–Kier alpha value is -0.610.